The lowest BCUT2D eigenvalue weighted by Crippen LogP contribution is -2.39. The minimum Gasteiger partial charge on any atom is -0.380 e. The fourth-order valence-corrected chi connectivity index (χ4v) is 4.20. The number of para-hydroxylation sites is 1. The van der Waals surface area contributed by atoms with E-state index in [2.05, 4.69) is 29.2 Å². The van der Waals surface area contributed by atoms with E-state index in [0.717, 1.165) is 5.69 Å². The number of hydrogen-bond donors (Lipinski definition) is 3. The summed E-state index contributed by atoms with van der Waals surface area (Å²) in [5.74, 6) is -0.162. The van der Waals surface area contributed by atoms with Crippen molar-refractivity contribution in [2.75, 3.05) is 11.9 Å². The topological polar surface area (TPSA) is 87.3 Å². The van der Waals surface area contributed by atoms with Gasteiger partial charge in [-0.25, -0.2) is 13.1 Å². The fourth-order valence-electron chi connectivity index (χ4n) is 2.72. The van der Waals surface area contributed by atoms with Gasteiger partial charge in [-0.15, -0.1) is 0 Å². The van der Waals surface area contributed by atoms with E-state index >= 15 is 0 Å². The number of amides is 1. The number of carbonyl (C=O) groups excluding carboxylic acids is 1. The number of sulfonamides is 1. The standard InChI is InChI=1S/C21H28ClN3O3S/c1-14(2)20(24-16-8-6-5-7-9-16)13-23-21(26)18-12-17(10-11-19(18)22)29(27,28)25-15(3)4/h5-12,14-15,20,24-25H,13H2,1-4H3,(H,23,26). The normalized spacial score (nSPS) is 12.8. The number of halogens is 1. The molecule has 158 valence electrons. The first kappa shape index (κ1) is 23.2. The van der Waals surface area contributed by atoms with Crippen LogP contribution in [0.4, 0.5) is 5.69 Å². The lowest BCUT2D eigenvalue weighted by molar-refractivity contribution is 0.0950. The van der Waals surface area contributed by atoms with Crippen LogP contribution in [-0.4, -0.2) is 33.0 Å². The Morgan fingerprint density at radius 3 is 2.28 bits per heavy atom. The minimum absolute atomic E-state index is 0.00331. The van der Waals surface area contributed by atoms with Crippen LogP contribution in [0.5, 0.6) is 0 Å². The third-order valence-corrected chi connectivity index (χ3v) is 6.28. The highest BCUT2D eigenvalue weighted by atomic mass is 35.5. The number of nitrogens with one attached hydrogen (secondary N) is 3. The number of anilines is 1. The second-order valence-electron chi connectivity index (χ2n) is 7.49. The van der Waals surface area contributed by atoms with Crippen molar-refractivity contribution in [3.63, 3.8) is 0 Å². The van der Waals surface area contributed by atoms with E-state index in [0.29, 0.717) is 6.54 Å². The molecule has 1 amide bonds. The molecule has 0 aliphatic carbocycles. The van der Waals surface area contributed by atoms with Crippen LogP contribution in [0.1, 0.15) is 38.1 Å². The maximum atomic E-state index is 12.7. The van der Waals surface area contributed by atoms with Gasteiger partial charge < -0.3 is 10.6 Å². The molecule has 0 heterocycles. The van der Waals surface area contributed by atoms with E-state index in [1.54, 1.807) is 13.8 Å². The van der Waals surface area contributed by atoms with Crippen LogP contribution in [0.3, 0.4) is 0 Å². The molecule has 0 spiro atoms. The van der Waals surface area contributed by atoms with Crippen molar-refractivity contribution in [2.24, 2.45) is 5.92 Å². The van der Waals surface area contributed by atoms with Gasteiger partial charge >= 0.3 is 0 Å². The third kappa shape index (κ3) is 6.73. The molecule has 0 aromatic heterocycles. The lowest BCUT2D eigenvalue weighted by atomic mass is 10.0. The smallest absolute Gasteiger partial charge is 0.252 e. The van der Waals surface area contributed by atoms with Gasteiger partial charge in [0.05, 0.1) is 15.5 Å². The summed E-state index contributed by atoms with van der Waals surface area (Å²) in [5.41, 5.74) is 1.09. The minimum atomic E-state index is -3.72. The molecular formula is C21H28ClN3O3S. The molecule has 2 aromatic carbocycles. The monoisotopic (exact) mass is 437 g/mol. The summed E-state index contributed by atoms with van der Waals surface area (Å²) < 4.78 is 27.3. The first-order valence-corrected chi connectivity index (χ1v) is 11.4. The van der Waals surface area contributed by atoms with Gasteiger partial charge in [0.1, 0.15) is 0 Å². The molecule has 0 saturated heterocycles. The summed E-state index contributed by atoms with van der Waals surface area (Å²) >= 11 is 6.16. The Morgan fingerprint density at radius 1 is 1.03 bits per heavy atom. The Hall–Kier alpha value is -2.09. The van der Waals surface area contributed by atoms with Crippen molar-refractivity contribution in [1.82, 2.24) is 10.0 Å². The van der Waals surface area contributed by atoms with Gasteiger partial charge in [0.15, 0.2) is 0 Å². The summed E-state index contributed by atoms with van der Waals surface area (Å²) in [5, 5.41) is 6.46. The van der Waals surface area contributed by atoms with E-state index in [4.69, 9.17) is 11.6 Å². The van der Waals surface area contributed by atoms with Gasteiger partial charge in [0, 0.05) is 24.3 Å². The van der Waals surface area contributed by atoms with Crippen molar-refractivity contribution in [1.29, 1.82) is 0 Å². The Morgan fingerprint density at radius 2 is 1.69 bits per heavy atom. The van der Waals surface area contributed by atoms with Gasteiger partial charge in [0.2, 0.25) is 10.0 Å². The maximum Gasteiger partial charge on any atom is 0.252 e. The van der Waals surface area contributed by atoms with E-state index in [1.165, 1.54) is 18.2 Å². The van der Waals surface area contributed by atoms with Crippen LogP contribution in [-0.2, 0) is 10.0 Å². The molecule has 2 aromatic rings. The predicted molar refractivity (Wildman–Crippen MR) is 118 cm³/mol. The molecule has 0 bridgehead atoms. The zero-order chi connectivity index (χ0) is 21.6. The molecule has 1 unspecified atom stereocenters. The summed E-state index contributed by atoms with van der Waals surface area (Å²) in [6.45, 7) is 7.94. The number of benzene rings is 2. The van der Waals surface area contributed by atoms with Crippen LogP contribution in [0.15, 0.2) is 53.4 Å². The van der Waals surface area contributed by atoms with E-state index in [9.17, 15) is 13.2 Å². The summed E-state index contributed by atoms with van der Waals surface area (Å²) in [4.78, 5) is 12.7. The molecule has 0 aliphatic heterocycles. The number of carbonyl (C=O) groups is 1. The van der Waals surface area contributed by atoms with Crippen molar-refractivity contribution in [2.45, 2.75) is 44.7 Å². The fraction of sp³-hybridized carbons (Fsp3) is 0.381. The van der Waals surface area contributed by atoms with Crippen molar-refractivity contribution >= 4 is 33.2 Å². The van der Waals surface area contributed by atoms with Crippen LogP contribution < -0.4 is 15.4 Å². The molecule has 0 aliphatic rings. The van der Waals surface area contributed by atoms with Crippen LogP contribution in [0.2, 0.25) is 5.02 Å². The molecule has 1 atom stereocenters. The van der Waals surface area contributed by atoms with Gasteiger partial charge in [-0.3, -0.25) is 4.79 Å². The SMILES string of the molecule is CC(C)NS(=O)(=O)c1ccc(Cl)c(C(=O)NCC(Nc2ccccc2)C(C)C)c1. The highest BCUT2D eigenvalue weighted by molar-refractivity contribution is 7.89. The molecule has 0 saturated carbocycles. The molecule has 29 heavy (non-hydrogen) atoms. The van der Waals surface area contributed by atoms with Gasteiger partial charge in [-0.1, -0.05) is 43.6 Å². The molecule has 6 nitrogen and oxygen atoms in total. The zero-order valence-electron chi connectivity index (χ0n) is 17.1. The van der Waals surface area contributed by atoms with Crippen LogP contribution >= 0.6 is 11.6 Å². The summed E-state index contributed by atoms with van der Waals surface area (Å²) in [6, 6.07) is 13.6. The number of hydrogen-bond acceptors (Lipinski definition) is 4. The maximum absolute atomic E-state index is 12.7. The highest BCUT2D eigenvalue weighted by Gasteiger charge is 2.21. The Labute approximate surface area is 178 Å². The number of rotatable bonds is 9. The highest BCUT2D eigenvalue weighted by Crippen LogP contribution is 2.21. The molecule has 0 fully saturated rings. The van der Waals surface area contributed by atoms with Crippen molar-refractivity contribution in [3.05, 3.63) is 59.1 Å². The van der Waals surface area contributed by atoms with Gasteiger partial charge in [0.25, 0.3) is 5.91 Å². The predicted octanol–water partition coefficient (Wildman–Crippen LogP) is 3.89. The second-order valence-corrected chi connectivity index (χ2v) is 9.61. The third-order valence-electron chi connectivity index (χ3n) is 4.30. The average molecular weight is 438 g/mol. The van der Waals surface area contributed by atoms with E-state index < -0.39 is 15.9 Å². The van der Waals surface area contributed by atoms with Crippen molar-refractivity contribution < 1.29 is 13.2 Å². The summed E-state index contributed by atoms with van der Waals surface area (Å²) in [7, 11) is -3.72. The van der Waals surface area contributed by atoms with E-state index in [1.807, 2.05) is 30.3 Å². The largest absolute Gasteiger partial charge is 0.380 e. The van der Waals surface area contributed by atoms with E-state index in [-0.39, 0.29) is 33.5 Å². The first-order chi connectivity index (χ1) is 13.6. The van der Waals surface area contributed by atoms with Gasteiger partial charge in [-0.05, 0) is 50.1 Å². The molecule has 2 rings (SSSR count). The van der Waals surface area contributed by atoms with Gasteiger partial charge in [-0.2, -0.15) is 0 Å². The Bertz CT molecular complexity index is 931. The average Bonchev–Trinajstić information content (AvgIpc) is 2.64. The lowest BCUT2D eigenvalue weighted by Gasteiger charge is -2.24. The molecule has 3 N–H and O–H groups in total. The molecular weight excluding hydrogens is 410 g/mol. The Kier molecular flexibility index (Phi) is 8.07. The first-order valence-electron chi connectivity index (χ1n) is 9.52. The van der Waals surface area contributed by atoms with Crippen molar-refractivity contribution in [3.8, 4) is 0 Å². The quantitative estimate of drug-likeness (QED) is 0.555. The zero-order valence-corrected chi connectivity index (χ0v) is 18.6. The molecule has 0 radical (unpaired) electrons. The van der Waals surface area contributed by atoms with Crippen LogP contribution in [0, 0.1) is 5.92 Å². The van der Waals surface area contributed by atoms with Crippen LogP contribution in [0.25, 0.3) is 0 Å². The second kappa shape index (κ2) is 10.1. The molecule has 8 heteroatoms. The summed E-state index contributed by atoms with van der Waals surface area (Å²) in [6.07, 6.45) is 0. The Balaban J connectivity index is 2.14.